The molecule has 0 bridgehead atoms. The van der Waals surface area contributed by atoms with Crippen LogP contribution in [0.15, 0.2) is 60.7 Å². The molecule has 0 spiro atoms. The van der Waals surface area contributed by atoms with Crippen molar-refractivity contribution in [2.24, 2.45) is 5.92 Å². The molecule has 2 aromatic carbocycles. The molecule has 132 valence electrons. The maximum absolute atomic E-state index is 12.3. The number of carbonyl (C=O) groups is 2. The van der Waals surface area contributed by atoms with Crippen molar-refractivity contribution in [1.82, 2.24) is 10.6 Å². The van der Waals surface area contributed by atoms with Crippen molar-refractivity contribution in [3.05, 3.63) is 71.8 Å². The fourth-order valence-corrected chi connectivity index (χ4v) is 2.68. The van der Waals surface area contributed by atoms with Crippen LogP contribution in [0, 0.1) is 5.92 Å². The Morgan fingerprint density at radius 2 is 1.52 bits per heavy atom. The molecule has 0 aliphatic heterocycles. The summed E-state index contributed by atoms with van der Waals surface area (Å²) in [5.41, 5.74) is 1.71. The van der Waals surface area contributed by atoms with Crippen LogP contribution in [0.3, 0.4) is 0 Å². The van der Waals surface area contributed by atoms with E-state index in [9.17, 15) is 9.59 Å². The molecule has 0 saturated carbocycles. The van der Waals surface area contributed by atoms with Crippen LogP contribution < -0.4 is 10.6 Å². The summed E-state index contributed by atoms with van der Waals surface area (Å²) in [6.45, 7) is 4.60. The average Bonchev–Trinajstić information content (AvgIpc) is 2.62. The first-order valence-corrected chi connectivity index (χ1v) is 8.74. The monoisotopic (exact) mass is 338 g/mol. The summed E-state index contributed by atoms with van der Waals surface area (Å²) in [5.74, 6) is 0.265. The van der Waals surface area contributed by atoms with Crippen molar-refractivity contribution in [2.45, 2.75) is 32.7 Å². The Morgan fingerprint density at radius 1 is 0.920 bits per heavy atom. The highest BCUT2D eigenvalue weighted by Gasteiger charge is 2.16. The van der Waals surface area contributed by atoms with Crippen LogP contribution in [0.5, 0.6) is 0 Å². The molecular formula is C21H26N2O2. The second-order valence-corrected chi connectivity index (χ2v) is 6.53. The lowest BCUT2D eigenvalue weighted by Crippen LogP contribution is -2.33. The van der Waals surface area contributed by atoms with Crippen molar-refractivity contribution in [3.63, 3.8) is 0 Å². The summed E-state index contributed by atoms with van der Waals surface area (Å²) in [5, 5.41) is 5.87. The van der Waals surface area contributed by atoms with Gasteiger partial charge in [-0.15, -0.1) is 0 Å². The van der Waals surface area contributed by atoms with Crippen LogP contribution in [0.4, 0.5) is 0 Å². The van der Waals surface area contributed by atoms with Gasteiger partial charge in [0, 0.05) is 18.5 Å². The third-order valence-electron chi connectivity index (χ3n) is 3.92. The van der Waals surface area contributed by atoms with Crippen molar-refractivity contribution in [1.29, 1.82) is 0 Å². The fraction of sp³-hybridized carbons (Fsp3) is 0.333. The molecule has 2 rings (SSSR count). The van der Waals surface area contributed by atoms with Crippen LogP contribution in [0.1, 0.15) is 48.7 Å². The Bertz CT molecular complexity index is 669. The topological polar surface area (TPSA) is 58.2 Å². The van der Waals surface area contributed by atoms with Gasteiger partial charge in [0.2, 0.25) is 5.91 Å². The number of nitrogens with one attached hydrogen (secondary N) is 2. The Hall–Kier alpha value is -2.62. The Morgan fingerprint density at radius 3 is 2.12 bits per heavy atom. The fourth-order valence-electron chi connectivity index (χ4n) is 2.68. The van der Waals surface area contributed by atoms with Gasteiger partial charge in [-0.3, -0.25) is 9.59 Å². The highest BCUT2D eigenvalue weighted by molar-refractivity contribution is 5.94. The maximum atomic E-state index is 12.3. The molecule has 0 heterocycles. The summed E-state index contributed by atoms with van der Waals surface area (Å²) in [4.78, 5) is 24.2. The molecule has 0 aromatic heterocycles. The lowest BCUT2D eigenvalue weighted by Gasteiger charge is -2.21. The van der Waals surface area contributed by atoms with E-state index in [1.807, 2.05) is 48.5 Å². The molecule has 2 aromatic rings. The minimum Gasteiger partial charge on any atom is -0.352 e. The quantitative estimate of drug-likeness (QED) is 0.771. The van der Waals surface area contributed by atoms with E-state index < -0.39 is 0 Å². The first kappa shape index (κ1) is 18.7. The summed E-state index contributed by atoms with van der Waals surface area (Å²) in [7, 11) is 0. The number of hydrogen-bond acceptors (Lipinski definition) is 2. The van der Waals surface area contributed by atoms with Gasteiger partial charge in [0.05, 0.1) is 6.04 Å². The summed E-state index contributed by atoms with van der Waals surface area (Å²) in [6, 6.07) is 19.0. The lowest BCUT2D eigenvalue weighted by atomic mass is 9.97. The summed E-state index contributed by atoms with van der Waals surface area (Å²) < 4.78 is 0. The van der Waals surface area contributed by atoms with Crippen LogP contribution in [-0.2, 0) is 4.79 Å². The SMILES string of the molecule is CC(C)C[C@@H](NC(=O)CCNC(=O)c1ccccc1)c1ccccc1. The average molecular weight is 338 g/mol. The van der Waals surface area contributed by atoms with Crippen LogP contribution >= 0.6 is 0 Å². The molecule has 2 amide bonds. The highest BCUT2D eigenvalue weighted by atomic mass is 16.2. The molecule has 0 unspecified atom stereocenters. The molecule has 0 saturated heterocycles. The van der Waals surface area contributed by atoms with Gasteiger partial charge >= 0.3 is 0 Å². The van der Waals surface area contributed by atoms with E-state index >= 15 is 0 Å². The predicted octanol–water partition coefficient (Wildman–Crippen LogP) is 3.71. The van der Waals surface area contributed by atoms with Crippen molar-refractivity contribution < 1.29 is 9.59 Å². The number of benzene rings is 2. The first-order valence-electron chi connectivity index (χ1n) is 8.74. The normalized spacial score (nSPS) is 11.8. The first-order chi connectivity index (χ1) is 12.1. The highest BCUT2D eigenvalue weighted by Crippen LogP contribution is 2.21. The van der Waals surface area contributed by atoms with Crippen molar-refractivity contribution in [3.8, 4) is 0 Å². The van der Waals surface area contributed by atoms with E-state index in [2.05, 4.69) is 24.5 Å². The number of hydrogen-bond donors (Lipinski definition) is 2. The molecule has 4 nitrogen and oxygen atoms in total. The molecule has 25 heavy (non-hydrogen) atoms. The van der Waals surface area contributed by atoms with E-state index in [4.69, 9.17) is 0 Å². The number of rotatable bonds is 8. The third kappa shape index (κ3) is 6.42. The van der Waals surface area contributed by atoms with Crippen molar-refractivity contribution in [2.75, 3.05) is 6.54 Å². The zero-order valence-corrected chi connectivity index (χ0v) is 14.9. The van der Waals surface area contributed by atoms with Gasteiger partial charge < -0.3 is 10.6 Å². The molecule has 0 aliphatic rings. The van der Waals surface area contributed by atoms with Gasteiger partial charge in [-0.25, -0.2) is 0 Å². The molecule has 2 N–H and O–H groups in total. The summed E-state index contributed by atoms with van der Waals surface area (Å²) >= 11 is 0. The molecule has 0 fully saturated rings. The van der Waals surface area contributed by atoms with E-state index in [1.54, 1.807) is 12.1 Å². The Balaban J connectivity index is 1.84. The summed E-state index contributed by atoms with van der Waals surface area (Å²) in [6.07, 6.45) is 1.14. The van der Waals surface area contributed by atoms with Gasteiger partial charge in [0.15, 0.2) is 0 Å². The second kappa shape index (κ2) is 9.62. The van der Waals surface area contributed by atoms with Crippen molar-refractivity contribution >= 4 is 11.8 Å². The maximum Gasteiger partial charge on any atom is 0.251 e. The Kier molecular flexibility index (Phi) is 7.20. The Labute approximate surface area is 149 Å². The van der Waals surface area contributed by atoms with Gasteiger partial charge in [-0.2, -0.15) is 0 Å². The van der Waals surface area contributed by atoms with E-state index in [0.717, 1.165) is 12.0 Å². The minimum absolute atomic E-state index is 0.00137. The van der Waals surface area contributed by atoms with E-state index in [0.29, 0.717) is 18.0 Å². The van der Waals surface area contributed by atoms with E-state index in [1.165, 1.54) is 0 Å². The second-order valence-electron chi connectivity index (χ2n) is 6.53. The molecule has 0 aliphatic carbocycles. The number of amides is 2. The van der Waals surface area contributed by atoms with E-state index in [-0.39, 0.29) is 24.3 Å². The predicted molar refractivity (Wildman–Crippen MR) is 100 cm³/mol. The van der Waals surface area contributed by atoms with Gasteiger partial charge in [-0.1, -0.05) is 62.4 Å². The lowest BCUT2D eigenvalue weighted by molar-refractivity contribution is -0.121. The standard InChI is InChI=1S/C21H26N2O2/c1-16(2)15-19(17-9-5-3-6-10-17)23-20(24)13-14-22-21(25)18-11-7-4-8-12-18/h3-12,16,19H,13-15H2,1-2H3,(H,22,25)(H,23,24)/t19-/m1/s1. The van der Waals surface area contributed by atoms with Gasteiger partial charge in [0.25, 0.3) is 5.91 Å². The molecule has 0 radical (unpaired) electrons. The zero-order chi connectivity index (χ0) is 18.1. The zero-order valence-electron chi connectivity index (χ0n) is 14.9. The largest absolute Gasteiger partial charge is 0.352 e. The van der Waals surface area contributed by atoms with Gasteiger partial charge in [0.1, 0.15) is 0 Å². The van der Waals surface area contributed by atoms with Crippen LogP contribution in [-0.4, -0.2) is 18.4 Å². The number of carbonyl (C=O) groups excluding carboxylic acids is 2. The minimum atomic E-state index is -0.157. The molecule has 1 atom stereocenters. The van der Waals surface area contributed by atoms with Crippen LogP contribution in [0.25, 0.3) is 0 Å². The molecule has 4 heteroatoms. The third-order valence-corrected chi connectivity index (χ3v) is 3.92. The van der Waals surface area contributed by atoms with Gasteiger partial charge in [-0.05, 0) is 30.0 Å². The van der Waals surface area contributed by atoms with Crippen LogP contribution in [0.2, 0.25) is 0 Å². The molecular weight excluding hydrogens is 312 g/mol. The smallest absolute Gasteiger partial charge is 0.251 e.